The van der Waals surface area contributed by atoms with Gasteiger partial charge in [0.05, 0.1) is 7.11 Å². The summed E-state index contributed by atoms with van der Waals surface area (Å²) in [6.45, 7) is -0.209. The minimum Gasteiger partial charge on any atom is -0.496 e. The number of alkyl halides is 2. The molecule has 0 aliphatic rings. The van der Waals surface area contributed by atoms with E-state index < -0.39 is 6.61 Å². The first-order valence-electron chi connectivity index (χ1n) is 6.51. The minimum atomic E-state index is -2.81. The van der Waals surface area contributed by atoms with Crippen LogP contribution < -0.4 is 14.8 Å². The summed E-state index contributed by atoms with van der Waals surface area (Å²) in [5, 5.41) is 3.22. The van der Waals surface area contributed by atoms with Gasteiger partial charge >= 0.3 is 6.61 Å². The zero-order chi connectivity index (χ0) is 15.2. The van der Waals surface area contributed by atoms with Crippen LogP contribution in [0, 0.1) is 6.92 Å². The van der Waals surface area contributed by atoms with Crippen LogP contribution in [0.2, 0.25) is 0 Å². The zero-order valence-corrected chi connectivity index (χ0v) is 11.9. The second kappa shape index (κ2) is 6.92. The summed E-state index contributed by atoms with van der Waals surface area (Å²) in [5.41, 5.74) is 3.00. The number of hydrogen-bond donors (Lipinski definition) is 1. The molecular formula is C16H17F2NO2. The molecule has 1 N–H and O–H groups in total. The maximum absolute atomic E-state index is 12.1. The molecule has 2 aromatic rings. The van der Waals surface area contributed by atoms with Crippen LogP contribution in [0.25, 0.3) is 0 Å². The van der Waals surface area contributed by atoms with Crippen molar-refractivity contribution in [3.63, 3.8) is 0 Å². The summed E-state index contributed by atoms with van der Waals surface area (Å²) >= 11 is 0. The van der Waals surface area contributed by atoms with Gasteiger partial charge in [0.25, 0.3) is 0 Å². The van der Waals surface area contributed by atoms with Gasteiger partial charge in [0.15, 0.2) is 0 Å². The summed E-state index contributed by atoms with van der Waals surface area (Å²) in [6, 6.07) is 12.3. The maximum Gasteiger partial charge on any atom is 0.387 e. The van der Waals surface area contributed by atoms with Gasteiger partial charge in [-0.3, -0.25) is 0 Å². The number of ether oxygens (including phenoxy) is 2. The van der Waals surface area contributed by atoms with Crippen LogP contribution in [0.1, 0.15) is 11.1 Å². The molecule has 0 bridgehead atoms. The highest BCUT2D eigenvalue weighted by Crippen LogP contribution is 2.22. The first-order valence-corrected chi connectivity index (χ1v) is 6.51. The average molecular weight is 293 g/mol. The third-order valence-corrected chi connectivity index (χ3v) is 3.00. The zero-order valence-electron chi connectivity index (χ0n) is 11.9. The molecule has 0 atom stereocenters. The fraction of sp³-hybridized carbons (Fsp3) is 0.250. The molecule has 0 aliphatic heterocycles. The lowest BCUT2D eigenvalue weighted by atomic mass is 10.1. The molecule has 0 saturated heterocycles. The van der Waals surface area contributed by atoms with E-state index in [-0.39, 0.29) is 5.75 Å². The van der Waals surface area contributed by atoms with Crippen molar-refractivity contribution in [1.82, 2.24) is 0 Å². The second-order valence-electron chi connectivity index (χ2n) is 4.57. The molecule has 0 aliphatic carbocycles. The van der Waals surface area contributed by atoms with Crippen molar-refractivity contribution < 1.29 is 18.3 Å². The molecule has 0 radical (unpaired) electrons. The third-order valence-electron chi connectivity index (χ3n) is 3.00. The van der Waals surface area contributed by atoms with E-state index in [4.69, 9.17) is 4.74 Å². The quantitative estimate of drug-likeness (QED) is 0.865. The van der Waals surface area contributed by atoms with Crippen LogP contribution in [0.3, 0.4) is 0 Å². The summed E-state index contributed by atoms with van der Waals surface area (Å²) in [5.74, 6) is 0.953. The van der Waals surface area contributed by atoms with Crippen molar-refractivity contribution in [3.05, 3.63) is 53.6 Å². The molecule has 2 aromatic carbocycles. The van der Waals surface area contributed by atoms with Crippen LogP contribution in [-0.4, -0.2) is 13.7 Å². The Hall–Kier alpha value is -2.30. The Morgan fingerprint density at radius 3 is 2.43 bits per heavy atom. The Bertz CT molecular complexity index is 585. The number of rotatable bonds is 6. The summed E-state index contributed by atoms with van der Waals surface area (Å²) in [6.07, 6.45) is 0. The van der Waals surface area contributed by atoms with E-state index in [0.29, 0.717) is 6.54 Å². The predicted molar refractivity (Wildman–Crippen MR) is 78.1 cm³/mol. The molecule has 21 heavy (non-hydrogen) atoms. The molecule has 5 heteroatoms. The van der Waals surface area contributed by atoms with Crippen LogP contribution in [0.5, 0.6) is 11.5 Å². The van der Waals surface area contributed by atoms with Crippen molar-refractivity contribution in [2.45, 2.75) is 20.1 Å². The number of methoxy groups -OCH3 is 1. The van der Waals surface area contributed by atoms with E-state index in [2.05, 4.69) is 10.1 Å². The van der Waals surface area contributed by atoms with Crippen molar-refractivity contribution >= 4 is 5.69 Å². The molecule has 2 rings (SSSR count). The lowest BCUT2D eigenvalue weighted by Gasteiger charge is -2.12. The van der Waals surface area contributed by atoms with Gasteiger partial charge in [0, 0.05) is 17.8 Å². The van der Waals surface area contributed by atoms with Gasteiger partial charge in [0.2, 0.25) is 0 Å². The van der Waals surface area contributed by atoms with E-state index in [1.165, 1.54) is 12.1 Å². The Kier molecular flexibility index (Phi) is 4.98. The first kappa shape index (κ1) is 15.1. The molecule has 0 fully saturated rings. The van der Waals surface area contributed by atoms with Crippen LogP contribution in [-0.2, 0) is 6.54 Å². The number of aryl methyl sites for hydroxylation is 1. The highest BCUT2D eigenvalue weighted by molar-refractivity contribution is 5.48. The van der Waals surface area contributed by atoms with Gasteiger partial charge < -0.3 is 14.8 Å². The summed E-state index contributed by atoms with van der Waals surface area (Å²) < 4.78 is 33.7. The highest BCUT2D eigenvalue weighted by atomic mass is 19.3. The van der Waals surface area contributed by atoms with Crippen molar-refractivity contribution in [3.8, 4) is 11.5 Å². The third kappa shape index (κ3) is 4.34. The molecule has 0 unspecified atom stereocenters. The lowest BCUT2D eigenvalue weighted by molar-refractivity contribution is -0.0498. The SMILES string of the molecule is COc1ccc(C)cc1CNc1ccc(OC(F)F)cc1. The number of nitrogens with one attached hydrogen (secondary N) is 1. The predicted octanol–water partition coefficient (Wildman–Crippen LogP) is 4.22. The summed E-state index contributed by atoms with van der Waals surface area (Å²) in [7, 11) is 1.63. The van der Waals surface area contributed by atoms with Crippen molar-refractivity contribution in [2.75, 3.05) is 12.4 Å². The van der Waals surface area contributed by atoms with Crippen LogP contribution in [0.15, 0.2) is 42.5 Å². The Labute approximate surface area is 122 Å². The number of benzene rings is 2. The van der Waals surface area contributed by atoms with Gasteiger partial charge in [-0.05, 0) is 37.3 Å². The normalized spacial score (nSPS) is 10.5. The largest absolute Gasteiger partial charge is 0.496 e. The molecule has 112 valence electrons. The van der Waals surface area contributed by atoms with Gasteiger partial charge in [-0.15, -0.1) is 0 Å². The van der Waals surface area contributed by atoms with Gasteiger partial charge in [-0.2, -0.15) is 8.78 Å². The monoisotopic (exact) mass is 293 g/mol. The van der Waals surface area contributed by atoms with E-state index in [9.17, 15) is 8.78 Å². The molecule has 3 nitrogen and oxygen atoms in total. The van der Waals surface area contributed by atoms with E-state index in [1.54, 1.807) is 19.2 Å². The fourth-order valence-electron chi connectivity index (χ4n) is 2.00. The molecule has 0 heterocycles. The van der Waals surface area contributed by atoms with Crippen molar-refractivity contribution in [2.24, 2.45) is 0 Å². The molecule has 0 spiro atoms. The van der Waals surface area contributed by atoms with Gasteiger partial charge in [-0.1, -0.05) is 17.7 Å². The average Bonchev–Trinajstić information content (AvgIpc) is 2.46. The Morgan fingerprint density at radius 2 is 1.81 bits per heavy atom. The first-order chi connectivity index (χ1) is 10.1. The van der Waals surface area contributed by atoms with E-state index in [0.717, 1.165) is 22.6 Å². The van der Waals surface area contributed by atoms with Crippen LogP contribution >= 0.6 is 0 Å². The van der Waals surface area contributed by atoms with E-state index in [1.807, 2.05) is 25.1 Å². The standard InChI is InChI=1S/C16H17F2NO2/c1-11-3-8-15(20-2)12(9-11)10-19-13-4-6-14(7-5-13)21-16(17)18/h3-9,16,19H,10H2,1-2H3. The smallest absolute Gasteiger partial charge is 0.387 e. The molecule has 0 amide bonds. The van der Waals surface area contributed by atoms with Crippen molar-refractivity contribution in [1.29, 1.82) is 0 Å². The number of anilines is 1. The van der Waals surface area contributed by atoms with Crippen LogP contribution in [0.4, 0.5) is 14.5 Å². The second-order valence-corrected chi connectivity index (χ2v) is 4.57. The molecule has 0 saturated carbocycles. The Morgan fingerprint density at radius 1 is 1.10 bits per heavy atom. The highest BCUT2D eigenvalue weighted by Gasteiger charge is 2.05. The number of halogens is 2. The summed E-state index contributed by atoms with van der Waals surface area (Å²) in [4.78, 5) is 0. The lowest BCUT2D eigenvalue weighted by Crippen LogP contribution is -2.03. The topological polar surface area (TPSA) is 30.5 Å². The van der Waals surface area contributed by atoms with E-state index >= 15 is 0 Å². The minimum absolute atomic E-state index is 0.142. The molecule has 0 aromatic heterocycles. The van der Waals surface area contributed by atoms with Gasteiger partial charge in [0.1, 0.15) is 11.5 Å². The number of hydrogen-bond acceptors (Lipinski definition) is 3. The molecular weight excluding hydrogens is 276 g/mol. The Balaban J connectivity index is 2.01. The maximum atomic E-state index is 12.1. The van der Waals surface area contributed by atoms with Gasteiger partial charge in [-0.25, -0.2) is 0 Å². The fourth-order valence-corrected chi connectivity index (χ4v) is 2.00.